The molecule has 1 N–H and O–H groups in total. The molecule has 1 amide bonds. The van der Waals surface area contributed by atoms with E-state index < -0.39 is 6.04 Å². The molecule has 2 rings (SSSR count). The summed E-state index contributed by atoms with van der Waals surface area (Å²) < 4.78 is 4.82. The lowest BCUT2D eigenvalue weighted by Gasteiger charge is -2.36. The van der Waals surface area contributed by atoms with E-state index in [0.717, 1.165) is 32.6 Å². The fourth-order valence-electron chi connectivity index (χ4n) is 3.02. The number of hydrogen-bond donors (Lipinski definition) is 1. The third kappa shape index (κ3) is 5.46. The number of anilines is 1. The van der Waals surface area contributed by atoms with Gasteiger partial charge in [-0.25, -0.2) is 4.79 Å². The standard InChI is InChI=1S/C19H29N3O3/c1-4-15(2)18(19(24)25-3)20-17(23)14-21-10-12-22(13-11-21)16-8-6-5-7-9-16/h5-9,15,18H,4,10-14H2,1-3H3,(H,20,23)/t15-,18+/m0/s1. The summed E-state index contributed by atoms with van der Waals surface area (Å²) >= 11 is 0. The van der Waals surface area contributed by atoms with Gasteiger partial charge < -0.3 is 15.0 Å². The molecule has 6 heteroatoms. The molecule has 0 unspecified atom stereocenters. The van der Waals surface area contributed by atoms with Gasteiger partial charge in [-0.3, -0.25) is 9.69 Å². The maximum atomic E-state index is 12.3. The first-order valence-electron chi connectivity index (χ1n) is 8.94. The predicted molar refractivity (Wildman–Crippen MR) is 98.5 cm³/mol. The molecule has 6 nitrogen and oxygen atoms in total. The molecule has 0 aromatic heterocycles. The minimum absolute atomic E-state index is 0.0475. The van der Waals surface area contributed by atoms with Gasteiger partial charge in [-0.2, -0.15) is 0 Å². The van der Waals surface area contributed by atoms with Gasteiger partial charge in [0, 0.05) is 31.9 Å². The van der Waals surface area contributed by atoms with Crippen molar-refractivity contribution in [3.05, 3.63) is 30.3 Å². The van der Waals surface area contributed by atoms with Gasteiger partial charge in [-0.15, -0.1) is 0 Å². The molecule has 1 aliphatic rings. The van der Waals surface area contributed by atoms with E-state index in [1.807, 2.05) is 32.0 Å². The lowest BCUT2D eigenvalue weighted by Crippen LogP contribution is -2.52. The fraction of sp³-hybridized carbons (Fsp3) is 0.579. The number of hydrogen-bond acceptors (Lipinski definition) is 5. The number of benzene rings is 1. The highest BCUT2D eigenvalue weighted by Crippen LogP contribution is 2.15. The Hall–Kier alpha value is -2.08. The Balaban J connectivity index is 1.82. The van der Waals surface area contributed by atoms with Gasteiger partial charge in [0.1, 0.15) is 6.04 Å². The summed E-state index contributed by atoms with van der Waals surface area (Å²) in [6.07, 6.45) is 0.801. The van der Waals surface area contributed by atoms with Gasteiger partial charge >= 0.3 is 5.97 Å². The van der Waals surface area contributed by atoms with Crippen LogP contribution in [0.15, 0.2) is 30.3 Å². The minimum Gasteiger partial charge on any atom is -0.467 e. The number of methoxy groups -OCH3 is 1. The lowest BCUT2D eigenvalue weighted by atomic mass is 9.99. The van der Waals surface area contributed by atoms with E-state index in [1.165, 1.54) is 12.8 Å². The molecular formula is C19H29N3O3. The monoisotopic (exact) mass is 347 g/mol. The van der Waals surface area contributed by atoms with Crippen LogP contribution in [0, 0.1) is 5.92 Å². The Bertz CT molecular complexity index is 556. The van der Waals surface area contributed by atoms with Crippen LogP contribution in [-0.2, 0) is 14.3 Å². The zero-order valence-corrected chi connectivity index (χ0v) is 15.4. The molecule has 1 heterocycles. The molecule has 0 saturated carbocycles. The first-order chi connectivity index (χ1) is 12.0. The smallest absolute Gasteiger partial charge is 0.328 e. The third-order valence-corrected chi connectivity index (χ3v) is 4.85. The molecule has 1 saturated heterocycles. The molecule has 0 aliphatic carbocycles. The predicted octanol–water partition coefficient (Wildman–Crippen LogP) is 1.51. The number of rotatable bonds is 7. The van der Waals surface area contributed by atoms with Gasteiger partial charge in [0.2, 0.25) is 5.91 Å². The Kier molecular flexibility index (Phi) is 7.25. The Morgan fingerprint density at radius 3 is 2.36 bits per heavy atom. The van der Waals surface area contributed by atoms with Crippen LogP contribution >= 0.6 is 0 Å². The third-order valence-electron chi connectivity index (χ3n) is 4.85. The Labute approximate surface area is 150 Å². The van der Waals surface area contributed by atoms with Crippen LogP contribution in [0.4, 0.5) is 5.69 Å². The summed E-state index contributed by atoms with van der Waals surface area (Å²) in [5.74, 6) is -0.452. The van der Waals surface area contributed by atoms with Crippen LogP contribution in [0.1, 0.15) is 20.3 Å². The van der Waals surface area contributed by atoms with Crippen LogP contribution in [0.3, 0.4) is 0 Å². The van der Waals surface area contributed by atoms with Crippen molar-refractivity contribution in [3.8, 4) is 0 Å². The van der Waals surface area contributed by atoms with Crippen molar-refractivity contribution in [1.82, 2.24) is 10.2 Å². The van der Waals surface area contributed by atoms with Crippen LogP contribution in [0.2, 0.25) is 0 Å². The van der Waals surface area contributed by atoms with E-state index in [0.29, 0.717) is 6.54 Å². The van der Waals surface area contributed by atoms with Crippen molar-refractivity contribution in [2.24, 2.45) is 5.92 Å². The molecular weight excluding hydrogens is 318 g/mol. The van der Waals surface area contributed by atoms with E-state index in [2.05, 4.69) is 27.2 Å². The number of esters is 1. The van der Waals surface area contributed by atoms with E-state index in [-0.39, 0.29) is 17.8 Å². The normalized spacial score (nSPS) is 17.6. The summed E-state index contributed by atoms with van der Waals surface area (Å²) in [5.41, 5.74) is 1.22. The maximum absolute atomic E-state index is 12.3. The molecule has 1 aromatic carbocycles. The SMILES string of the molecule is CC[C@H](C)[C@@H](NC(=O)CN1CCN(c2ccccc2)CC1)C(=O)OC. The van der Waals surface area contributed by atoms with Crippen molar-refractivity contribution in [1.29, 1.82) is 0 Å². The second-order valence-electron chi connectivity index (χ2n) is 6.55. The molecule has 25 heavy (non-hydrogen) atoms. The van der Waals surface area contributed by atoms with Crippen molar-refractivity contribution in [3.63, 3.8) is 0 Å². The van der Waals surface area contributed by atoms with Gasteiger partial charge in [-0.05, 0) is 18.1 Å². The van der Waals surface area contributed by atoms with Gasteiger partial charge in [0.25, 0.3) is 0 Å². The first kappa shape index (κ1) is 19.2. The number of nitrogens with zero attached hydrogens (tertiary/aromatic N) is 2. The number of nitrogens with one attached hydrogen (secondary N) is 1. The average molecular weight is 347 g/mol. The van der Waals surface area contributed by atoms with Gasteiger partial charge in [0.05, 0.1) is 13.7 Å². The van der Waals surface area contributed by atoms with Crippen molar-refractivity contribution in [2.75, 3.05) is 44.7 Å². The number of carbonyl (C=O) groups is 2. The minimum atomic E-state index is -0.576. The summed E-state index contributed by atoms with van der Waals surface area (Å²) in [4.78, 5) is 28.7. The quantitative estimate of drug-likeness (QED) is 0.758. The molecule has 1 aromatic rings. The molecule has 138 valence electrons. The van der Waals surface area contributed by atoms with E-state index in [9.17, 15) is 9.59 Å². The average Bonchev–Trinajstić information content (AvgIpc) is 2.66. The zero-order chi connectivity index (χ0) is 18.2. The lowest BCUT2D eigenvalue weighted by molar-refractivity contribution is -0.146. The molecule has 0 spiro atoms. The largest absolute Gasteiger partial charge is 0.467 e. The summed E-state index contributed by atoms with van der Waals surface area (Å²) in [6, 6.07) is 9.73. The molecule has 1 fully saturated rings. The second kappa shape index (κ2) is 9.42. The van der Waals surface area contributed by atoms with Crippen LogP contribution in [0.5, 0.6) is 0 Å². The second-order valence-corrected chi connectivity index (χ2v) is 6.55. The first-order valence-corrected chi connectivity index (χ1v) is 8.94. The summed E-state index contributed by atoms with van der Waals surface area (Å²) in [5, 5.41) is 2.84. The Morgan fingerprint density at radius 2 is 1.80 bits per heavy atom. The number of carbonyl (C=O) groups excluding carboxylic acids is 2. The summed E-state index contributed by atoms with van der Waals surface area (Å²) in [6.45, 7) is 7.69. The van der Waals surface area contributed by atoms with E-state index in [1.54, 1.807) is 0 Å². The highest BCUT2D eigenvalue weighted by Gasteiger charge is 2.27. The molecule has 0 bridgehead atoms. The van der Waals surface area contributed by atoms with Crippen LogP contribution < -0.4 is 10.2 Å². The van der Waals surface area contributed by atoms with Crippen molar-refractivity contribution >= 4 is 17.6 Å². The van der Waals surface area contributed by atoms with E-state index in [4.69, 9.17) is 4.74 Å². The number of piperazine rings is 1. The molecule has 2 atom stereocenters. The molecule has 1 aliphatic heterocycles. The topological polar surface area (TPSA) is 61.9 Å². The van der Waals surface area contributed by atoms with Crippen molar-refractivity contribution < 1.29 is 14.3 Å². The Morgan fingerprint density at radius 1 is 1.16 bits per heavy atom. The van der Waals surface area contributed by atoms with Crippen LogP contribution in [-0.4, -0.2) is 62.7 Å². The number of ether oxygens (including phenoxy) is 1. The number of para-hydroxylation sites is 1. The van der Waals surface area contributed by atoms with Gasteiger partial charge in [-0.1, -0.05) is 38.5 Å². The molecule has 0 radical (unpaired) electrons. The zero-order valence-electron chi connectivity index (χ0n) is 15.4. The number of amides is 1. The highest BCUT2D eigenvalue weighted by molar-refractivity contribution is 5.85. The van der Waals surface area contributed by atoms with E-state index >= 15 is 0 Å². The highest BCUT2D eigenvalue weighted by atomic mass is 16.5. The van der Waals surface area contributed by atoms with Crippen LogP contribution in [0.25, 0.3) is 0 Å². The maximum Gasteiger partial charge on any atom is 0.328 e. The fourth-order valence-corrected chi connectivity index (χ4v) is 3.02. The summed E-state index contributed by atoms with van der Waals surface area (Å²) in [7, 11) is 1.35. The van der Waals surface area contributed by atoms with Crippen molar-refractivity contribution in [2.45, 2.75) is 26.3 Å². The van der Waals surface area contributed by atoms with Gasteiger partial charge in [0.15, 0.2) is 0 Å².